The van der Waals surface area contributed by atoms with Crippen molar-refractivity contribution in [3.8, 4) is 0 Å². The van der Waals surface area contributed by atoms with Crippen LogP contribution >= 0.6 is 0 Å². The van der Waals surface area contributed by atoms with E-state index < -0.39 is 12.0 Å². The number of hydrogen-bond donors (Lipinski definition) is 2. The second-order valence-corrected chi connectivity index (χ2v) is 4.48. The number of aliphatic carboxylic acids is 1. The maximum absolute atomic E-state index is 10.7. The van der Waals surface area contributed by atoms with Crippen molar-refractivity contribution in [2.45, 2.75) is 39.3 Å². The molecule has 1 atom stereocenters. The SMILES string of the molecule is CCNC(COCCOC(C)(C)C)C(=O)O. The first-order chi connectivity index (χ1) is 7.37. The van der Waals surface area contributed by atoms with Crippen LogP contribution in [0.15, 0.2) is 0 Å². The van der Waals surface area contributed by atoms with Gasteiger partial charge in [-0.25, -0.2) is 0 Å². The summed E-state index contributed by atoms with van der Waals surface area (Å²) in [6, 6.07) is -0.639. The molecule has 5 heteroatoms. The van der Waals surface area contributed by atoms with Crippen LogP contribution in [0, 0.1) is 0 Å². The molecule has 0 aliphatic carbocycles. The Balaban J connectivity index is 3.59. The van der Waals surface area contributed by atoms with Crippen molar-refractivity contribution in [2.75, 3.05) is 26.4 Å². The van der Waals surface area contributed by atoms with Crippen LogP contribution in [0.5, 0.6) is 0 Å². The predicted octanol–water partition coefficient (Wildman–Crippen LogP) is 0.881. The standard InChI is InChI=1S/C11H23NO4/c1-5-12-9(10(13)14)8-15-6-7-16-11(2,3)4/h9,12H,5-8H2,1-4H3,(H,13,14). The number of carbonyl (C=O) groups is 1. The van der Waals surface area contributed by atoms with Gasteiger partial charge in [0.1, 0.15) is 6.04 Å². The van der Waals surface area contributed by atoms with Crippen molar-refractivity contribution in [2.24, 2.45) is 0 Å². The summed E-state index contributed by atoms with van der Waals surface area (Å²) < 4.78 is 10.7. The Morgan fingerprint density at radius 3 is 2.44 bits per heavy atom. The van der Waals surface area contributed by atoms with E-state index in [9.17, 15) is 4.79 Å². The molecule has 0 aromatic rings. The van der Waals surface area contributed by atoms with Gasteiger partial charge >= 0.3 is 5.97 Å². The van der Waals surface area contributed by atoms with Gasteiger partial charge in [-0.1, -0.05) is 6.92 Å². The molecule has 1 unspecified atom stereocenters. The van der Waals surface area contributed by atoms with Gasteiger partial charge < -0.3 is 19.9 Å². The Bertz CT molecular complexity index is 201. The van der Waals surface area contributed by atoms with E-state index in [1.54, 1.807) is 0 Å². The Kier molecular flexibility index (Phi) is 7.29. The third kappa shape index (κ3) is 8.64. The van der Waals surface area contributed by atoms with Crippen molar-refractivity contribution >= 4 is 5.97 Å². The van der Waals surface area contributed by atoms with Crippen molar-refractivity contribution < 1.29 is 19.4 Å². The van der Waals surface area contributed by atoms with Gasteiger partial charge in [-0.05, 0) is 27.3 Å². The van der Waals surface area contributed by atoms with Gasteiger partial charge in [-0.15, -0.1) is 0 Å². The van der Waals surface area contributed by atoms with E-state index in [1.807, 2.05) is 27.7 Å². The summed E-state index contributed by atoms with van der Waals surface area (Å²) in [6.45, 7) is 9.41. The number of carboxylic acid groups (broad SMARTS) is 1. The third-order valence-corrected chi connectivity index (χ3v) is 1.80. The van der Waals surface area contributed by atoms with E-state index in [4.69, 9.17) is 14.6 Å². The van der Waals surface area contributed by atoms with Gasteiger partial charge in [-0.3, -0.25) is 4.79 Å². The normalized spacial score (nSPS) is 13.8. The molecule has 0 aromatic carbocycles. The Labute approximate surface area is 97.1 Å². The molecule has 16 heavy (non-hydrogen) atoms. The highest BCUT2D eigenvalue weighted by atomic mass is 16.5. The van der Waals surface area contributed by atoms with Gasteiger partial charge in [0.15, 0.2) is 0 Å². The monoisotopic (exact) mass is 233 g/mol. The maximum atomic E-state index is 10.7. The highest BCUT2D eigenvalue weighted by Crippen LogP contribution is 2.05. The second-order valence-electron chi connectivity index (χ2n) is 4.48. The van der Waals surface area contributed by atoms with Gasteiger partial charge in [0.2, 0.25) is 0 Å². The molecule has 0 rings (SSSR count). The number of nitrogens with one attached hydrogen (secondary N) is 1. The van der Waals surface area contributed by atoms with Crippen LogP contribution in [0.1, 0.15) is 27.7 Å². The van der Waals surface area contributed by atoms with Gasteiger partial charge in [-0.2, -0.15) is 0 Å². The number of rotatable bonds is 8. The van der Waals surface area contributed by atoms with Crippen molar-refractivity contribution in [1.29, 1.82) is 0 Å². The molecule has 0 bridgehead atoms. The maximum Gasteiger partial charge on any atom is 0.323 e. The molecule has 0 radical (unpaired) electrons. The topological polar surface area (TPSA) is 67.8 Å². The quantitative estimate of drug-likeness (QED) is 0.609. The molecule has 0 fully saturated rings. The van der Waals surface area contributed by atoms with E-state index in [0.717, 1.165) is 0 Å². The summed E-state index contributed by atoms with van der Waals surface area (Å²) in [7, 11) is 0. The predicted molar refractivity (Wildman–Crippen MR) is 61.6 cm³/mol. The molecule has 0 amide bonds. The zero-order chi connectivity index (χ0) is 12.6. The van der Waals surface area contributed by atoms with Crippen LogP contribution in [-0.2, 0) is 14.3 Å². The minimum absolute atomic E-state index is 0.163. The first kappa shape index (κ1) is 15.3. The molecule has 0 saturated heterocycles. The van der Waals surface area contributed by atoms with Crippen molar-refractivity contribution in [3.05, 3.63) is 0 Å². The number of carboxylic acids is 1. The lowest BCUT2D eigenvalue weighted by molar-refractivity contribution is -0.141. The minimum atomic E-state index is -0.890. The Morgan fingerprint density at radius 1 is 1.38 bits per heavy atom. The fraction of sp³-hybridized carbons (Fsp3) is 0.909. The lowest BCUT2D eigenvalue weighted by atomic mass is 10.2. The molecular formula is C11H23NO4. The summed E-state index contributed by atoms with van der Waals surface area (Å²) in [5.74, 6) is -0.890. The first-order valence-electron chi connectivity index (χ1n) is 5.54. The molecule has 2 N–H and O–H groups in total. The van der Waals surface area contributed by atoms with E-state index >= 15 is 0 Å². The summed E-state index contributed by atoms with van der Waals surface area (Å²) in [4.78, 5) is 10.7. The molecule has 0 spiro atoms. The number of ether oxygens (including phenoxy) is 2. The lowest BCUT2D eigenvalue weighted by Crippen LogP contribution is -2.40. The number of hydrogen-bond acceptors (Lipinski definition) is 4. The van der Waals surface area contributed by atoms with E-state index in [-0.39, 0.29) is 12.2 Å². The van der Waals surface area contributed by atoms with Gasteiger partial charge in [0, 0.05) is 0 Å². The van der Waals surface area contributed by atoms with Gasteiger partial charge in [0.25, 0.3) is 0 Å². The van der Waals surface area contributed by atoms with Crippen LogP contribution in [0.4, 0.5) is 0 Å². The zero-order valence-electron chi connectivity index (χ0n) is 10.6. The van der Waals surface area contributed by atoms with Crippen LogP contribution in [0.2, 0.25) is 0 Å². The van der Waals surface area contributed by atoms with E-state index in [0.29, 0.717) is 19.8 Å². The molecule has 0 aliphatic rings. The minimum Gasteiger partial charge on any atom is -0.480 e. The van der Waals surface area contributed by atoms with Crippen molar-refractivity contribution in [3.63, 3.8) is 0 Å². The Morgan fingerprint density at radius 2 is 2.00 bits per heavy atom. The summed E-state index contributed by atoms with van der Waals surface area (Å²) >= 11 is 0. The number of likely N-dealkylation sites (N-methyl/N-ethyl adjacent to an activating group) is 1. The van der Waals surface area contributed by atoms with Gasteiger partial charge in [0.05, 0.1) is 25.4 Å². The molecule has 0 saturated carbocycles. The fourth-order valence-electron chi connectivity index (χ4n) is 1.07. The summed E-state index contributed by atoms with van der Waals surface area (Å²) in [5, 5.41) is 11.6. The highest BCUT2D eigenvalue weighted by Gasteiger charge is 2.16. The Hall–Kier alpha value is -0.650. The summed E-state index contributed by atoms with van der Waals surface area (Å²) in [5.41, 5.74) is -0.183. The van der Waals surface area contributed by atoms with E-state index in [1.165, 1.54) is 0 Å². The largest absolute Gasteiger partial charge is 0.480 e. The molecular weight excluding hydrogens is 210 g/mol. The molecule has 0 aromatic heterocycles. The molecule has 0 aliphatic heterocycles. The van der Waals surface area contributed by atoms with Crippen LogP contribution in [0.3, 0.4) is 0 Å². The van der Waals surface area contributed by atoms with Crippen LogP contribution in [0.25, 0.3) is 0 Å². The lowest BCUT2D eigenvalue weighted by Gasteiger charge is -2.20. The second kappa shape index (κ2) is 7.60. The summed E-state index contributed by atoms with van der Waals surface area (Å²) in [6.07, 6.45) is 0. The average molecular weight is 233 g/mol. The fourth-order valence-corrected chi connectivity index (χ4v) is 1.07. The third-order valence-electron chi connectivity index (χ3n) is 1.80. The van der Waals surface area contributed by atoms with Crippen LogP contribution in [-0.4, -0.2) is 49.1 Å². The molecule has 0 heterocycles. The smallest absolute Gasteiger partial charge is 0.323 e. The molecule has 5 nitrogen and oxygen atoms in total. The van der Waals surface area contributed by atoms with E-state index in [2.05, 4.69) is 5.32 Å². The first-order valence-corrected chi connectivity index (χ1v) is 5.54. The van der Waals surface area contributed by atoms with Crippen molar-refractivity contribution in [1.82, 2.24) is 5.32 Å². The average Bonchev–Trinajstić information content (AvgIpc) is 2.13. The molecule has 96 valence electrons. The zero-order valence-corrected chi connectivity index (χ0v) is 10.6. The highest BCUT2D eigenvalue weighted by molar-refractivity contribution is 5.73. The van der Waals surface area contributed by atoms with Crippen LogP contribution < -0.4 is 5.32 Å².